The highest BCUT2D eigenvalue weighted by Gasteiger charge is 2.56. The van der Waals surface area contributed by atoms with Gasteiger partial charge in [-0.15, -0.1) is 0 Å². The van der Waals surface area contributed by atoms with E-state index < -0.39 is 91.6 Å². The molecule has 0 radical (unpaired) electrons. The number of aromatic amines is 1. The summed E-state index contributed by atoms with van der Waals surface area (Å²) in [4.78, 5) is 68.4. The molecule has 8 rings (SSSR count). The van der Waals surface area contributed by atoms with Gasteiger partial charge in [0.1, 0.15) is 60.4 Å². The Morgan fingerprint density at radius 3 is 2.30 bits per heavy atom. The number of benzene rings is 1. The standard InChI is InChI=1S/C36H46N8O13P2Si/c1-19-26-23(53-34(19)43-14-13-22-29(37-17-38-30(22)43)42-32(45)21-11-9-8-10-12-21)15-51-59(49,50)56-28-27(57-60(6,7)36(3,4)5)24(16-52-58(47,48)55-26)54-35(28)44-18-39-25-31(44)40-20(2)41-33(25)46/h8-14,17-19,23-24,26-28,34-35H,15-16H2,1-7H3,(H,47,48)(H,49,50)(H,40,41,46)(H,37,38,42,45)/t19?,23-,24-,26-,27?,28+,34-,35-/m1/s1. The van der Waals surface area contributed by atoms with E-state index in [1.165, 1.54) is 17.2 Å². The molecule has 4 N–H and O–H groups in total. The molecule has 0 aliphatic carbocycles. The maximum absolute atomic E-state index is 14.1. The van der Waals surface area contributed by atoms with Crippen LogP contribution in [0.3, 0.4) is 0 Å². The van der Waals surface area contributed by atoms with Crippen LogP contribution in [0.1, 0.15) is 56.3 Å². The molecule has 60 heavy (non-hydrogen) atoms. The third-order valence-electron chi connectivity index (χ3n) is 11.4. The number of hydrogen-bond acceptors (Lipinski definition) is 15. The lowest BCUT2D eigenvalue weighted by Crippen LogP contribution is -2.50. The number of ether oxygens (including phenoxy) is 2. The van der Waals surface area contributed by atoms with E-state index in [1.807, 2.05) is 33.9 Å². The van der Waals surface area contributed by atoms with E-state index in [0.717, 1.165) is 0 Å². The quantitative estimate of drug-likeness (QED) is 0.130. The van der Waals surface area contributed by atoms with Crippen molar-refractivity contribution in [2.24, 2.45) is 5.92 Å². The zero-order valence-corrected chi connectivity index (χ0v) is 36.5. The summed E-state index contributed by atoms with van der Waals surface area (Å²) in [5.74, 6) is -0.602. The lowest BCUT2D eigenvalue weighted by Gasteiger charge is -2.40. The predicted octanol–water partition coefficient (Wildman–Crippen LogP) is 4.96. The highest BCUT2D eigenvalue weighted by Crippen LogP contribution is 2.55. The Hall–Kier alpha value is -4.02. The normalized spacial score (nSPS) is 31.7. The molecule has 21 nitrogen and oxygen atoms in total. The molecule has 0 spiro atoms. The molecular weight excluding hydrogens is 842 g/mol. The van der Waals surface area contributed by atoms with Crippen LogP contribution in [0.25, 0.3) is 22.2 Å². The van der Waals surface area contributed by atoms with Gasteiger partial charge in [0.05, 0.1) is 24.9 Å². The van der Waals surface area contributed by atoms with Crippen LogP contribution in [0.5, 0.6) is 0 Å². The third-order valence-corrected chi connectivity index (χ3v) is 17.8. The van der Waals surface area contributed by atoms with Crippen molar-refractivity contribution in [1.29, 1.82) is 0 Å². The van der Waals surface area contributed by atoms with Crippen LogP contribution < -0.4 is 10.9 Å². The summed E-state index contributed by atoms with van der Waals surface area (Å²) in [5.41, 5.74) is 0.313. The first-order valence-corrected chi connectivity index (χ1v) is 25.0. The Balaban J connectivity index is 1.12. The van der Waals surface area contributed by atoms with Crippen molar-refractivity contribution in [3.63, 3.8) is 0 Å². The number of phosphoric acid groups is 2. The van der Waals surface area contributed by atoms with Crippen molar-refractivity contribution in [2.75, 3.05) is 18.5 Å². The van der Waals surface area contributed by atoms with E-state index in [1.54, 1.807) is 61.0 Å². The fourth-order valence-electron chi connectivity index (χ4n) is 7.31. The van der Waals surface area contributed by atoms with Gasteiger partial charge in [0.15, 0.2) is 25.7 Å². The topological polar surface area (TPSA) is 263 Å². The molecule has 5 aromatic rings. The summed E-state index contributed by atoms with van der Waals surface area (Å²) in [6.45, 7) is 11.9. The van der Waals surface area contributed by atoms with Crippen LogP contribution in [-0.2, 0) is 41.1 Å². The molecular formula is C36H46N8O13P2Si. The summed E-state index contributed by atoms with van der Waals surface area (Å²) < 4.78 is 73.6. The zero-order chi connectivity index (χ0) is 42.9. The van der Waals surface area contributed by atoms with E-state index in [2.05, 4.69) is 30.2 Å². The van der Waals surface area contributed by atoms with E-state index in [0.29, 0.717) is 16.6 Å². The lowest BCUT2D eigenvalue weighted by molar-refractivity contribution is -0.0669. The average Bonchev–Trinajstić information content (AvgIpc) is 3.94. The second-order valence-electron chi connectivity index (χ2n) is 16.5. The van der Waals surface area contributed by atoms with E-state index in [-0.39, 0.29) is 33.8 Å². The summed E-state index contributed by atoms with van der Waals surface area (Å²) >= 11 is 0. The van der Waals surface area contributed by atoms with E-state index in [4.69, 9.17) is 32.0 Å². The molecule has 24 heteroatoms. The number of phosphoric ester groups is 2. The number of H-pyrrole nitrogens is 1. The maximum atomic E-state index is 14.1. The Morgan fingerprint density at radius 1 is 0.933 bits per heavy atom. The largest absolute Gasteiger partial charge is 0.472 e. The van der Waals surface area contributed by atoms with Gasteiger partial charge >= 0.3 is 15.6 Å². The minimum Gasteiger partial charge on any atom is -0.408 e. The van der Waals surface area contributed by atoms with Crippen LogP contribution in [0, 0.1) is 12.8 Å². The van der Waals surface area contributed by atoms with Gasteiger partial charge in [-0.3, -0.25) is 32.3 Å². The van der Waals surface area contributed by atoms with Crippen LogP contribution >= 0.6 is 15.6 Å². The Labute approximate surface area is 344 Å². The number of fused-ring (bicyclic) bond motifs is 5. The van der Waals surface area contributed by atoms with Gasteiger partial charge in [-0.2, -0.15) is 0 Å². The van der Waals surface area contributed by atoms with Gasteiger partial charge in [0, 0.05) is 17.7 Å². The number of rotatable bonds is 6. The summed E-state index contributed by atoms with van der Waals surface area (Å²) in [5, 5.41) is 2.91. The lowest BCUT2D eigenvalue weighted by atomic mass is 10.0. The van der Waals surface area contributed by atoms with Gasteiger partial charge in [0.25, 0.3) is 11.5 Å². The second-order valence-corrected chi connectivity index (χ2v) is 24.0. The second kappa shape index (κ2) is 15.7. The van der Waals surface area contributed by atoms with Gasteiger partial charge in [-0.25, -0.2) is 29.1 Å². The maximum Gasteiger partial charge on any atom is 0.472 e. The molecule has 1 amide bonds. The third kappa shape index (κ3) is 8.19. The Bertz CT molecular complexity index is 2580. The smallest absolute Gasteiger partial charge is 0.408 e. The zero-order valence-electron chi connectivity index (χ0n) is 33.7. The van der Waals surface area contributed by atoms with E-state index >= 15 is 0 Å². The van der Waals surface area contributed by atoms with Crippen LogP contribution in [-0.4, -0.2) is 102 Å². The van der Waals surface area contributed by atoms with Gasteiger partial charge in [-0.05, 0) is 43.3 Å². The molecule has 3 saturated heterocycles. The predicted molar refractivity (Wildman–Crippen MR) is 215 cm³/mol. The van der Waals surface area contributed by atoms with Crippen molar-refractivity contribution in [2.45, 2.75) is 95.7 Å². The number of carbonyl (C=O) groups is 1. The molecule has 322 valence electrons. The molecule has 7 heterocycles. The molecule has 10 atom stereocenters. The first-order valence-electron chi connectivity index (χ1n) is 19.1. The molecule has 4 aromatic heterocycles. The molecule has 3 fully saturated rings. The minimum atomic E-state index is -5.07. The van der Waals surface area contributed by atoms with Crippen LogP contribution in [0.15, 0.2) is 60.0 Å². The molecule has 4 unspecified atom stereocenters. The van der Waals surface area contributed by atoms with Crippen molar-refractivity contribution in [3.8, 4) is 0 Å². The number of carbonyl (C=O) groups excluding carboxylic acids is 1. The van der Waals surface area contributed by atoms with Gasteiger partial charge in [-0.1, -0.05) is 45.9 Å². The van der Waals surface area contributed by atoms with Gasteiger partial charge in [0.2, 0.25) is 0 Å². The fraction of sp³-hybridized carbons (Fsp3) is 0.500. The molecule has 3 aliphatic heterocycles. The first-order chi connectivity index (χ1) is 28.2. The summed E-state index contributed by atoms with van der Waals surface area (Å²) in [7, 11) is -12.8. The summed E-state index contributed by atoms with van der Waals surface area (Å²) in [6, 6.07) is 10.3. The molecule has 3 aliphatic rings. The highest BCUT2D eigenvalue weighted by molar-refractivity contribution is 7.47. The number of aryl methyl sites for hydroxylation is 1. The van der Waals surface area contributed by atoms with Gasteiger partial charge < -0.3 is 38.6 Å². The number of nitrogens with zero attached hydrogens (tertiary/aromatic N) is 6. The van der Waals surface area contributed by atoms with Crippen molar-refractivity contribution >= 4 is 57.9 Å². The average molecular weight is 889 g/mol. The van der Waals surface area contributed by atoms with Crippen LogP contribution in [0.2, 0.25) is 18.1 Å². The van der Waals surface area contributed by atoms with Crippen LogP contribution in [0.4, 0.5) is 5.82 Å². The fourth-order valence-corrected chi connectivity index (χ4v) is 10.6. The van der Waals surface area contributed by atoms with Crippen molar-refractivity contribution in [3.05, 3.63) is 77.0 Å². The van der Waals surface area contributed by atoms with Crippen molar-refractivity contribution < 1.29 is 55.7 Å². The number of amides is 1. The van der Waals surface area contributed by atoms with Crippen molar-refractivity contribution in [1.82, 2.24) is 34.1 Å². The molecule has 2 bridgehead atoms. The molecule has 1 aromatic carbocycles. The Morgan fingerprint density at radius 2 is 1.60 bits per heavy atom. The number of aromatic nitrogens is 7. The minimum absolute atomic E-state index is 0.0289. The number of hydrogen-bond donors (Lipinski definition) is 4. The van der Waals surface area contributed by atoms with E-state index in [9.17, 15) is 28.5 Å². The SMILES string of the molecule is Cc1nc2c(ncn2[C@@H]2O[C@@H]3COP(=O)(O)O[C@@H]4C(C)[C@H](n5ccc6c(NC(=O)c7ccccc7)ncnc65)O[C@@H]4COP(=O)(O)O[C@H]2C3O[Si](C)(C)C(C)(C)C)c(=O)[nH]1. The number of anilines is 1. The first kappa shape index (κ1) is 42.7. The Kier molecular flexibility index (Phi) is 11.2. The number of imidazole rings is 1. The highest BCUT2D eigenvalue weighted by atomic mass is 31.2. The summed E-state index contributed by atoms with van der Waals surface area (Å²) in [6.07, 6.45) is -4.31. The number of nitrogens with one attached hydrogen (secondary N) is 2. The monoisotopic (exact) mass is 888 g/mol. The molecule has 0 saturated carbocycles.